The largest absolute Gasteiger partial charge is 0.457 e. The van der Waals surface area contributed by atoms with Crippen molar-refractivity contribution < 1.29 is 4.42 Å². The quantitative estimate of drug-likeness (QED) is 0.202. The molecule has 0 N–H and O–H groups in total. The van der Waals surface area contributed by atoms with E-state index in [1.807, 2.05) is 24.3 Å². The molecule has 4 nitrogen and oxygen atoms in total. The van der Waals surface area contributed by atoms with E-state index in [4.69, 9.17) is 14.4 Å². The van der Waals surface area contributed by atoms with E-state index in [2.05, 4.69) is 134 Å². The SMILES string of the molecule is CC1(C)c2oc3c(ccc4ccccc43)c2-n2c3ccc(-c4cc(-c5ccccc5)nc(-c5ccccc5)n4)cc3c3cccc1c32. The first-order valence-corrected chi connectivity index (χ1v) is 16.1. The minimum absolute atomic E-state index is 0.315. The lowest BCUT2D eigenvalue weighted by atomic mass is 9.78. The summed E-state index contributed by atoms with van der Waals surface area (Å²) in [6.45, 7) is 4.57. The molecule has 0 radical (unpaired) electrons. The Morgan fingerprint density at radius 1 is 0.553 bits per heavy atom. The van der Waals surface area contributed by atoms with E-state index in [-0.39, 0.29) is 5.41 Å². The Kier molecular flexibility index (Phi) is 5.31. The van der Waals surface area contributed by atoms with Gasteiger partial charge >= 0.3 is 0 Å². The average Bonchev–Trinajstić information content (AvgIpc) is 3.68. The Morgan fingerprint density at radius 2 is 1.26 bits per heavy atom. The van der Waals surface area contributed by atoms with Crippen LogP contribution in [0.1, 0.15) is 25.2 Å². The highest BCUT2D eigenvalue weighted by Gasteiger charge is 2.39. The Bertz CT molecular complexity index is 2640. The lowest BCUT2D eigenvalue weighted by Gasteiger charge is -2.30. The molecule has 0 saturated carbocycles. The van der Waals surface area contributed by atoms with Crippen LogP contribution in [0, 0.1) is 0 Å². The Labute approximate surface area is 271 Å². The molecule has 6 aromatic carbocycles. The number of hydrogen-bond acceptors (Lipinski definition) is 3. The molecule has 0 unspecified atom stereocenters. The molecule has 1 aliphatic heterocycles. The maximum Gasteiger partial charge on any atom is 0.160 e. The second-order valence-corrected chi connectivity index (χ2v) is 13.0. The average molecular weight is 604 g/mol. The Morgan fingerprint density at radius 3 is 2.06 bits per heavy atom. The van der Waals surface area contributed by atoms with Crippen LogP contribution < -0.4 is 0 Å². The molecule has 0 aliphatic carbocycles. The maximum atomic E-state index is 6.89. The van der Waals surface area contributed by atoms with Crippen LogP contribution in [-0.2, 0) is 5.41 Å². The minimum atomic E-state index is -0.315. The maximum absolute atomic E-state index is 6.89. The fourth-order valence-corrected chi connectivity index (χ4v) is 7.61. The van der Waals surface area contributed by atoms with Crippen LogP contribution in [0.25, 0.3) is 83.1 Å². The van der Waals surface area contributed by atoms with Crippen LogP contribution in [0.5, 0.6) is 0 Å². The Balaban J connectivity index is 1.25. The van der Waals surface area contributed by atoms with E-state index in [1.165, 1.54) is 27.2 Å². The van der Waals surface area contributed by atoms with E-state index >= 15 is 0 Å². The third kappa shape index (κ3) is 3.70. The molecule has 1 aliphatic rings. The van der Waals surface area contributed by atoms with Crippen LogP contribution in [0.2, 0.25) is 0 Å². The first kappa shape index (κ1) is 26.2. The van der Waals surface area contributed by atoms with Crippen molar-refractivity contribution in [1.29, 1.82) is 0 Å². The van der Waals surface area contributed by atoms with Gasteiger partial charge in [0.25, 0.3) is 0 Å². The molecular weight excluding hydrogens is 574 g/mol. The third-order valence-corrected chi connectivity index (χ3v) is 9.93. The monoisotopic (exact) mass is 603 g/mol. The van der Waals surface area contributed by atoms with E-state index in [1.54, 1.807) is 0 Å². The van der Waals surface area contributed by atoms with Gasteiger partial charge in [-0.15, -0.1) is 0 Å². The van der Waals surface area contributed by atoms with Gasteiger partial charge in [-0.1, -0.05) is 115 Å². The van der Waals surface area contributed by atoms with Gasteiger partial charge in [0.05, 0.1) is 33.5 Å². The summed E-state index contributed by atoms with van der Waals surface area (Å²) in [5, 5.41) is 5.89. The van der Waals surface area contributed by atoms with Gasteiger partial charge in [-0.3, -0.25) is 0 Å². The zero-order valence-corrected chi connectivity index (χ0v) is 26.0. The van der Waals surface area contributed by atoms with Crippen molar-refractivity contribution in [3.63, 3.8) is 0 Å². The zero-order valence-electron chi connectivity index (χ0n) is 26.0. The Hall–Kier alpha value is -6.00. The van der Waals surface area contributed by atoms with Gasteiger partial charge in [0.1, 0.15) is 11.3 Å². The fraction of sp³-hybridized carbons (Fsp3) is 0.0698. The summed E-state index contributed by atoms with van der Waals surface area (Å²) in [5.41, 5.74) is 10.4. The molecular formula is C43H29N3O. The minimum Gasteiger partial charge on any atom is -0.457 e. The number of fused-ring (bicyclic) bond motifs is 9. The summed E-state index contributed by atoms with van der Waals surface area (Å²) in [6.07, 6.45) is 0. The molecule has 10 rings (SSSR count). The number of hydrogen-bond donors (Lipinski definition) is 0. The van der Waals surface area contributed by atoms with Crippen molar-refractivity contribution in [3.8, 4) is 39.6 Å². The summed E-state index contributed by atoms with van der Waals surface area (Å²) in [6, 6.07) is 49.1. The molecule has 0 spiro atoms. The number of rotatable bonds is 3. The van der Waals surface area contributed by atoms with Gasteiger partial charge < -0.3 is 8.98 Å². The van der Waals surface area contributed by atoms with Crippen LogP contribution >= 0.6 is 0 Å². The van der Waals surface area contributed by atoms with Crippen molar-refractivity contribution in [2.45, 2.75) is 19.3 Å². The van der Waals surface area contributed by atoms with Gasteiger partial charge in [-0.25, -0.2) is 9.97 Å². The lowest BCUT2D eigenvalue weighted by Crippen LogP contribution is -2.25. The molecule has 3 aromatic heterocycles. The van der Waals surface area contributed by atoms with Gasteiger partial charge in [0, 0.05) is 38.2 Å². The van der Waals surface area contributed by atoms with Crippen molar-refractivity contribution >= 4 is 43.5 Å². The summed E-state index contributed by atoms with van der Waals surface area (Å²) in [7, 11) is 0. The molecule has 47 heavy (non-hydrogen) atoms. The molecule has 0 saturated heterocycles. The normalized spacial score (nSPS) is 13.5. The smallest absolute Gasteiger partial charge is 0.160 e. The second-order valence-electron chi connectivity index (χ2n) is 13.0. The first-order chi connectivity index (χ1) is 23.1. The van der Waals surface area contributed by atoms with Crippen molar-refractivity contribution in [2.24, 2.45) is 0 Å². The predicted molar refractivity (Wildman–Crippen MR) is 192 cm³/mol. The van der Waals surface area contributed by atoms with Crippen LogP contribution in [0.3, 0.4) is 0 Å². The van der Waals surface area contributed by atoms with E-state index < -0.39 is 0 Å². The van der Waals surface area contributed by atoms with Gasteiger partial charge in [-0.05, 0) is 49.1 Å². The molecule has 222 valence electrons. The number of benzene rings is 6. The molecule has 0 bridgehead atoms. The van der Waals surface area contributed by atoms with Crippen molar-refractivity contribution in [3.05, 3.63) is 151 Å². The molecule has 4 heteroatoms. The van der Waals surface area contributed by atoms with Crippen molar-refractivity contribution in [1.82, 2.24) is 14.5 Å². The highest BCUT2D eigenvalue weighted by Crippen LogP contribution is 2.51. The van der Waals surface area contributed by atoms with Crippen LogP contribution in [0.4, 0.5) is 0 Å². The predicted octanol–water partition coefficient (Wildman–Crippen LogP) is 11.1. The van der Waals surface area contributed by atoms with E-state index in [0.29, 0.717) is 5.82 Å². The van der Waals surface area contributed by atoms with E-state index in [9.17, 15) is 0 Å². The highest BCUT2D eigenvalue weighted by atomic mass is 16.3. The van der Waals surface area contributed by atoms with Gasteiger partial charge in [0.2, 0.25) is 0 Å². The molecule has 9 aromatic rings. The highest BCUT2D eigenvalue weighted by molar-refractivity contribution is 6.15. The molecule has 0 atom stereocenters. The van der Waals surface area contributed by atoms with E-state index in [0.717, 1.165) is 61.4 Å². The number of nitrogens with zero attached hydrogens (tertiary/aromatic N) is 3. The summed E-state index contributed by atoms with van der Waals surface area (Å²) >= 11 is 0. The summed E-state index contributed by atoms with van der Waals surface area (Å²) in [5.74, 6) is 1.72. The van der Waals surface area contributed by atoms with Gasteiger partial charge in [0.15, 0.2) is 5.82 Å². The van der Waals surface area contributed by atoms with Crippen LogP contribution in [0.15, 0.2) is 144 Å². The van der Waals surface area contributed by atoms with Gasteiger partial charge in [-0.2, -0.15) is 0 Å². The molecule has 0 amide bonds. The second kappa shape index (κ2) is 9.51. The number of furan rings is 1. The lowest BCUT2D eigenvalue weighted by molar-refractivity contribution is 0.449. The molecule has 0 fully saturated rings. The first-order valence-electron chi connectivity index (χ1n) is 16.1. The van der Waals surface area contributed by atoms with Crippen LogP contribution in [-0.4, -0.2) is 14.5 Å². The number of aromatic nitrogens is 3. The number of para-hydroxylation sites is 1. The third-order valence-electron chi connectivity index (χ3n) is 9.93. The standard InChI is InChI=1S/C43H29N3O/c1-43(2)34-19-11-18-31-33-24-29(36-25-35(27-13-5-3-6-14-27)44-42(45-36)28-15-7-4-8-16-28)21-23-37(33)46(38(31)34)39-32-22-20-26-12-9-10-17-30(26)40(32)47-41(39)43/h3-25H,1-2H3. The topological polar surface area (TPSA) is 43.9 Å². The van der Waals surface area contributed by atoms with Crippen molar-refractivity contribution in [2.75, 3.05) is 0 Å². The molecule has 4 heterocycles. The summed E-state index contributed by atoms with van der Waals surface area (Å²) < 4.78 is 9.33. The zero-order chi connectivity index (χ0) is 31.3. The fourth-order valence-electron chi connectivity index (χ4n) is 7.61. The summed E-state index contributed by atoms with van der Waals surface area (Å²) in [4.78, 5) is 10.1.